The lowest BCUT2D eigenvalue weighted by atomic mass is 9.86. The topological polar surface area (TPSA) is 66.8 Å². The largest absolute Gasteiger partial charge is 0.490 e. The molecule has 5 nitrogen and oxygen atoms in total. The fourth-order valence-corrected chi connectivity index (χ4v) is 2.88. The van der Waals surface area contributed by atoms with Crippen molar-refractivity contribution in [2.24, 2.45) is 5.41 Å². The summed E-state index contributed by atoms with van der Waals surface area (Å²) >= 11 is 5.88. The van der Waals surface area contributed by atoms with Crippen molar-refractivity contribution in [3.8, 4) is 5.75 Å². The molecule has 1 aromatic rings. The van der Waals surface area contributed by atoms with Crippen LogP contribution in [0.25, 0.3) is 0 Å². The van der Waals surface area contributed by atoms with Crippen molar-refractivity contribution in [2.75, 3.05) is 13.1 Å². The fraction of sp³-hybridized carbons (Fsp3) is 0.500. The van der Waals surface area contributed by atoms with Gasteiger partial charge in [0.1, 0.15) is 5.75 Å². The van der Waals surface area contributed by atoms with Crippen molar-refractivity contribution in [3.63, 3.8) is 0 Å². The van der Waals surface area contributed by atoms with Gasteiger partial charge in [-0.3, -0.25) is 9.59 Å². The number of carbonyl (C=O) groups excluding carboxylic acids is 1. The Morgan fingerprint density at radius 3 is 2.48 bits per heavy atom. The fourth-order valence-electron chi connectivity index (χ4n) is 2.71. The highest BCUT2D eigenvalue weighted by atomic mass is 35.5. The summed E-state index contributed by atoms with van der Waals surface area (Å²) in [5, 5.41) is 9.30. The van der Waals surface area contributed by atoms with E-state index in [1.165, 1.54) is 18.2 Å². The summed E-state index contributed by atoms with van der Waals surface area (Å²) in [6.45, 7) is 2.20. The Labute approximate surface area is 147 Å². The van der Waals surface area contributed by atoms with Gasteiger partial charge in [0.25, 0.3) is 5.91 Å². The maximum atomic E-state index is 13.3. The molecule has 138 valence electrons. The van der Waals surface area contributed by atoms with E-state index in [4.69, 9.17) is 21.4 Å². The molecule has 1 aliphatic heterocycles. The summed E-state index contributed by atoms with van der Waals surface area (Å²) in [6, 6.07) is 4.26. The van der Waals surface area contributed by atoms with Crippen molar-refractivity contribution in [2.45, 2.75) is 32.5 Å². The number of carbonyl (C=O) groups is 2. The minimum atomic E-state index is -4.96. The van der Waals surface area contributed by atoms with Crippen LogP contribution in [0.5, 0.6) is 5.75 Å². The standard InChI is InChI=1S/C16H17ClF3NO4/c1-9(2)25-12-4-3-10(17)7-11(12)13(22)21-6-5-15(8-21,14(23)24)16(18,19)20/h3-4,7,9H,5-6,8H2,1-2H3,(H,23,24). The Morgan fingerprint density at radius 2 is 2.00 bits per heavy atom. The number of halogens is 4. The zero-order valence-corrected chi connectivity index (χ0v) is 14.3. The van der Waals surface area contributed by atoms with Gasteiger partial charge in [-0.05, 0) is 38.5 Å². The van der Waals surface area contributed by atoms with Gasteiger partial charge >= 0.3 is 12.1 Å². The number of nitrogens with zero attached hydrogens (tertiary/aromatic N) is 1. The van der Waals surface area contributed by atoms with Crippen molar-refractivity contribution in [1.29, 1.82) is 0 Å². The first-order chi connectivity index (χ1) is 11.5. The monoisotopic (exact) mass is 379 g/mol. The molecule has 1 saturated heterocycles. The average Bonchev–Trinajstić information content (AvgIpc) is 2.94. The number of amides is 1. The van der Waals surface area contributed by atoms with Crippen LogP contribution in [0, 0.1) is 5.41 Å². The summed E-state index contributed by atoms with van der Waals surface area (Å²) < 4.78 is 45.3. The Bertz CT molecular complexity index is 692. The van der Waals surface area contributed by atoms with Crippen LogP contribution in [-0.4, -0.2) is 47.3 Å². The quantitative estimate of drug-likeness (QED) is 0.868. The van der Waals surface area contributed by atoms with Crippen molar-refractivity contribution < 1.29 is 32.6 Å². The second kappa shape index (κ2) is 6.74. The summed E-state index contributed by atoms with van der Waals surface area (Å²) in [7, 11) is 0. The van der Waals surface area contributed by atoms with Gasteiger partial charge in [-0.1, -0.05) is 11.6 Å². The third kappa shape index (κ3) is 3.68. The molecule has 0 saturated carbocycles. The maximum Gasteiger partial charge on any atom is 0.406 e. The van der Waals surface area contributed by atoms with Gasteiger partial charge in [-0.25, -0.2) is 0 Å². The highest BCUT2D eigenvalue weighted by molar-refractivity contribution is 6.31. The first-order valence-corrected chi connectivity index (χ1v) is 7.91. The molecule has 1 atom stereocenters. The van der Waals surface area contributed by atoms with E-state index in [2.05, 4.69) is 0 Å². The smallest absolute Gasteiger partial charge is 0.406 e. The zero-order chi connectivity index (χ0) is 19.0. The van der Waals surface area contributed by atoms with Gasteiger partial charge in [0, 0.05) is 18.1 Å². The molecule has 1 amide bonds. The van der Waals surface area contributed by atoms with E-state index in [1.54, 1.807) is 13.8 Å². The van der Waals surface area contributed by atoms with E-state index >= 15 is 0 Å². The molecule has 0 aromatic heterocycles. The predicted octanol–water partition coefficient (Wildman–Crippen LogP) is 3.61. The normalized spacial score (nSPS) is 20.8. The molecule has 25 heavy (non-hydrogen) atoms. The number of likely N-dealkylation sites (tertiary alicyclic amines) is 1. The van der Waals surface area contributed by atoms with Crippen molar-refractivity contribution in [1.82, 2.24) is 4.90 Å². The Kier molecular flexibility index (Phi) is 5.22. The van der Waals surface area contributed by atoms with E-state index in [1.807, 2.05) is 0 Å². The number of aliphatic carboxylic acids is 1. The number of benzene rings is 1. The second-order valence-corrected chi connectivity index (χ2v) is 6.61. The minimum Gasteiger partial charge on any atom is -0.490 e. The summed E-state index contributed by atoms with van der Waals surface area (Å²) in [6.07, 6.45) is -5.92. The van der Waals surface area contributed by atoms with E-state index in [0.29, 0.717) is 0 Å². The van der Waals surface area contributed by atoms with Crippen LogP contribution < -0.4 is 4.74 Å². The summed E-state index contributed by atoms with van der Waals surface area (Å²) in [4.78, 5) is 24.8. The molecule has 1 heterocycles. The van der Waals surface area contributed by atoms with E-state index < -0.39 is 36.4 Å². The Morgan fingerprint density at radius 1 is 1.36 bits per heavy atom. The molecule has 2 rings (SSSR count). The minimum absolute atomic E-state index is 0.00423. The molecule has 1 aromatic carbocycles. The molecule has 0 bridgehead atoms. The lowest BCUT2D eigenvalue weighted by molar-refractivity contribution is -0.227. The van der Waals surface area contributed by atoms with Crippen LogP contribution in [0.2, 0.25) is 5.02 Å². The van der Waals surface area contributed by atoms with Crippen LogP contribution in [0.3, 0.4) is 0 Å². The van der Waals surface area contributed by atoms with E-state index in [9.17, 15) is 22.8 Å². The van der Waals surface area contributed by atoms with E-state index in [0.717, 1.165) is 4.90 Å². The number of ether oxygens (including phenoxy) is 1. The van der Waals surface area contributed by atoms with Crippen LogP contribution in [0.1, 0.15) is 30.6 Å². The summed E-state index contributed by atoms with van der Waals surface area (Å²) in [5.41, 5.74) is -2.95. The number of carboxylic acids is 1. The van der Waals surface area contributed by atoms with Gasteiger partial charge in [0.15, 0.2) is 5.41 Å². The molecule has 9 heteroatoms. The molecule has 1 N–H and O–H groups in total. The number of rotatable bonds is 4. The molecule has 1 unspecified atom stereocenters. The van der Waals surface area contributed by atoms with Gasteiger partial charge in [0.05, 0.1) is 11.7 Å². The first-order valence-electron chi connectivity index (χ1n) is 7.53. The van der Waals surface area contributed by atoms with Crippen molar-refractivity contribution >= 4 is 23.5 Å². The highest BCUT2D eigenvalue weighted by Gasteiger charge is 2.64. The SMILES string of the molecule is CC(C)Oc1ccc(Cl)cc1C(=O)N1CCC(C(=O)O)(C(F)(F)F)C1. The Hall–Kier alpha value is -1.96. The number of carboxylic acid groups (broad SMARTS) is 1. The van der Waals surface area contributed by atoms with Crippen molar-refractivity contribution in [3.05, 3.63) is 28.8 Å². The molecule has 0 aliphatic carbocycles. The lowest BCUT2D eigenvalue weighted by Crippen LogP contribution is -2.47. The molecule has 0 radical (unpaired) electrons. The molecular formula is C16H17ClF3NO4. The highest BCUT2D eigenvalue weighted by Crippen LogP contribution is 2.46. The van der Waals surface area contributed by atoms with Gasteiger partial charge in [0.2, 0.25) is 0 Å². The number of hydrogen-bond acceptors (Lipinski definition) is 3. The molecule has 0 spiro atoms. The van der Waals surface area contributed by atoms with Crippen LogP contribution in [0.4, 0.5) is 13.2 Å². The van der Waals surface area contributed by atoms with Gasteiger partial charge in [-0.2, -0.15) is 13.2 Å². The second-order valence-electron chi connectivity index (χ2n) is 6.17. The lowest BCUT2D eigenvalue weighted by Gasteiger charge is -2.27. The number of hydrogen-bond donors (Lipinski definition) is 1. The zero-order valence-electron chi connectivity index (χ0n) is 13.6. The Balaban J connectivity index is 2.34. The van der Waals surface area contributed by atoms with Gasteiger partial charge < -0.3 is 14.7 Å². The first kappa shape index (κ1) is 19.4. The average molecular weight is 380 g/mol. The van der Waals surface area contributed by atoms with E-state index in [-0.39, 0.29) is 29.0 Å². The van der Waals surface area contributed by atoms with Crippen LogP contribution in [-0.2, 0) is 4.79 Å². The maximum absolute atomic E-state index is 13.3. The molecule has 1 fully saturated rings. The molecule has 1 aliphatic rings. The van der Waals surface area contributed by atoms with Crippen LogP contribution in [0.15, 0.2) is 18.2 Å². The third-order valence-corrected chi connectivity index (χ3v) is 4.28. The number of alkyl halides is 3. The summed E-state index contributed by atoms with van der Waals surface area (Å²) in [5.74, 6) is -2.55. The van der Waals surface area contributed by atoms with Crippen LogP contribution >= 0.6 is 11.6 Å². The van der Waals surface area contributed by atoms with Gasteiger partial charge in [-0.15, -0.1) is 0 Å². The third-order valence-electron chi connectivity index (χ3n) is 4.04. The molecular weight excluding hydrogens is 363 g/mol. The predicted molar refractivity (Wildman–Crippen MR) is 83.9 cm³/mol.